The second-order valence-corrected chi connectivity index (χ2v) is 9.37. The van der Waals surface area contributed by atoms with Gasteiger partial charge in [0.15, 0.2) is 5.78 Å². The van der Waals surface area contributed by atoms with Gasteiger partial charge in [-0.05, 0) is 54.4 Å². The first-order valence-corrected chi connectivity index (χ1v) is 11.3. The molecule has 2 aromatic carbocycles. The van der Waals surface area contributed by atoms with Crippen molar-refractivity contribution < 1.29 is 14.3 Å². The molecule has 2 aliphatic rings. The van der Waals surface area contributed by atoms with Gasteiger partial charge in [0.05, 0.1) is 17.9 Å². The van der Waals surface area contributed by atoms with E-state index in [0.717, 1.165) is 16.8 Å². The Kier molecular flexibility index (Phi) is 4.88. The summed E-state index contributed by atoms with van der Waals surface area (Å²) < 4.78 is 5.45. The van der Waals surface area contributed by atoms with Crippen LogP contribution in [0.2, 0.25) is 5.02 Å². The van der Waals surface area contributed by atoms with E-state index in [1.165, 1.54) is 11.3 Å². The number of nitrogens with zero attached hydrogens (tertiary/aromatic N) is 1. The van der Waals surface area contributed by atoms with Crippen LogP contribution >= 0.6 is 22.9 Å². The predicted molar refractivity (Wildman–Crippen MR) is 122 cm³/mol. The number of thiophene rings is 1. The van der Waals surface area contributed by atoms with Crippen molar-refractivity contribution in [3.05, 3.63) is 81.0 Å². The minimum Gasteiger partial charge on any atom is -0.497 e. The molecule has 31 heavy (non-hydrogen) atoms. The number of fused-ring (bicyclic) bond motifs is 2. The molecule has 0 unspecified atom stereocenters. The number of rotatable bonds is 4. The number of Topliss-reactive ketones (excluding diaryl/α,β-unsaturated/α-hetero) is 1. The molecule has 0 saturated carbocycles. The van der Waals surface area contributed by atoms with E-state index in [4.69, 9.17) is 16.3 Å². The molecule has 1 N–H and O–H groups in total. The number of ether oxygens (including phenoxy) is 1. The van der Waals surface area contributed by atoms with Gasteiger partial charge < -0.3 is 10.1 Å². The molecule has 3 atom stereocenters. The molecule has 0 bridgehead atoms. The zero-order valence-corrected chi connectivity index (χ0v) is 18.7. The molecule has 1 aromatic heterocycles. The van der Waals surface area contributed by atoms with Crippen LogP contribution in [0.3, 0.4) is 0 Å². The number of halogens is 1. The Bertz CT molecular complexity index is 1160. The first-order chi connectivity index (χ1) is 15.0. The quantitative estimate of drug-likeness (QED) is 0.578. The molecule has 158 valence electrons. The SMILES string of the molecule is COc1ccc2c(c1)[C@]1(C(=O)N2)[C@@H](C(=O)c2cccs2)[C@H](c2ccc(Cl)cc2)CN1C. The van der Waals surface area contributed by atoms with Crippen LogP contribution in [0.15, 0.2) is 60.0 Å². The summed E-state index contributed by atoms with van der Waals surface area (Å²) in [4.78, 5) is 30.2. The summed E-state index contributed by atoms with van der Waals surface area (Å²) in [5.74, 6) is -0.305. The fourth-order valence-electron chi connectivity index (χ4n) is 5.13. The van der Waals surface area contributed by atoms with Crippen molar-refractivity contribution in [2.45, 2.75) is 11.5 Å². The third-order valence-corrected chi connectivity index (χ3v) is 7.64. The van der Waals surface area contributed by atoms with Gasteiger partial charge in [0.1, 0.15) is 11.3 Å². The number of hydrogen-bond donors (Lipinski definition) is 1. The molecule has 1 spiro atoms. The number of amides is 1. The number of hydrogen-bond acceptors (Lipinski definition) is 5. The minimum absolute atomic E-state index is 0.0230. The summed E-state index contributed by atoms with van der Waals surface area (Å²) in [6, 6.07) is 16.8. The highest BCUT2D eigenvalue weighted by Crippen LogP contribution is 2.56. The Morgan fingerprint density at radius 2 is 2.00 bits per heavy atom. The first kappa shape index (κ1) is 20.2. The number of anilines is 1. The summed E-state index contributed by atoms with van der Waals surface area (Å²) in [6.07, 6.45) is 0. The fraction of sp³-hybridized carbons (Fsp3) is 0.250. The summed E-state index contributed by atoms with van der Waals surface area (Å²) in [6.45, 7) is 0.563. The number of nitrogens with one attached hydrogen (secondary N) is 1. The van der Waals surface area contributed by atoms with Crippen molar-refractivity contribution >= 4 is 40.3 Å². The Labute approximate surface area is 189 Å². The number of likely N-dealkylation sites (tertiary alicyclic amines) is 1. The van der Waals surface area contributed by atoms with Crippen LogP contribution in [-0.4, -0.2) is 37.3 Å². The molecule has 5 nitrogen and oxygen atoms in total. The van der Waals surface area contributed by atoms with Gasteiger partial charge in [-0.15, -0.1) is 11.3 Å². The molecular formula is C24H21ClN2O3S. The topological polar surface area (TPSA) is 58.6 Å². The third kappa shape index (κ3) is 2.93. The van der Waals surface area contributed by atoms with Crippen molar-refractivity contribution in [3.63, 3.8) is 0 Å². The van der Waals surface area contributed by atoms with Crippen LogP contribution in [0.4, 0.5) is 5.69 Å². The van der Waals surface area contributed by atoms with Gasteiger partial charge in [0.2, 0.25) is 5.91 Å². The van der Waals surface area contributed by atoms with Crippen LogP contribution < -0.4 is 10.1 Å². The average molecular weight is 453 g/mol. The molecule has 2 aliphatic heterocycles. The maximum Gasteiger partial charge on any atom is 0.250 e. The Hall–Kier alpha value is -2.67. The molecule has 0 radical (unpaired) electrons. The highest BCUT2D eigenvalue weighted by Gasteiger charge is 2.64. The lowest BCUT2D eigenvalue weighted by Crippen LogP contribution is -2.51. The van der Waals surface area contributed by atoms with Crippen molar-refractivity contribution in [2.24, 2.45) is 5.92 Å². The smallest absolute Gasteiger partial charge is 0.250 e. The number of methoxy groups -OCH3 is 1. The monoisotopic (exact) mass is 452 g/mol. The van der Waals surface area contributed by atoms with Crippen LogP contribution in [0.25, 0.3) is 0 Å². The van der Waals surface area contributed by atoms with Crippen molar-refractivity contribution in [3.8, 4) is 5.75 Å². The minimum atomic E-state index is -1.12. The fourth-order valence-corrected chi connectivity index (χ4v) is 5.96. The molecule has 1 saturated heterocycles. The largest absolute Gasteiger partial charge is 0.497 e. The van der Waals surface area contributed by atoms with E-state index in [-0.39, 0.29) is 17.6 Å². The first-order valence-electron chi connectivity index (χ1n) is 10.0. The van der Waals surface area contributed by atoms with Gasteiger partial charge in [0.25, 0.3) is 0 Å². The lowest BCUT2D eigenvalue weighted by atomic mass is 9.71. The Balaban J connectivity index is 1.73. The second-order valence-electron chi connectivity index (χ2n) is 7.99. The van der Waals surface area contributed by atoms with Crippen LogP contribution in [0.5, 0.6) is 5.75 Å². The third-order valence-electron chi connectivity index (χ3n) is 6.50. The maximum atomic E-state index is 13.9. The summed E-state index contributed by atoms with van der Waals surface area (Å²) >= 11 is 7.52. The maximum absolute atomic E-state index is 13.9. The molecule has 3 aromatic rings. The van der Waals surface area contributed by atoms with Crippen molar-refractivity contribution in [2.75, 3.05) is 26.0 Å². The standard InChI is InChI=1S/C24H21ClN2O3S/c1-27-13-17(14-5-7-15(25)8-6-14)21(22(28)20-4-3-11-31-20)24(27)18-12-16(30-2)9-10-19(18)26-23(24)29/h3-12,17,21H,13H2,1-2H3,(H,26,29)/t17-,21+,24+/m0/s1. The number of likely N-dealkylation sites (N-methyl/N-ethyl adjacent to an activating group) is 1. The highest BCUT2D eigenvalue weighted by molar-refractivity contribution is 7.12. The van der Waals surface area contributed by atoms with Gasteiger partial charge in [0, 0.05) is 28.7 Å². The molecule has 1 amide bonds. The van der Waals surface area contributed by atoms with E-state index in [1.54, 1.807) is 7.11 Å². The molecular weight excluding hydrogens is 432 g/mol. The van der Waals surface area contributed by atoms with E-state index in [0.29, 0.717) is 22.2 Å². The Morgan fingerprint density at radius 3 is 2.68 bits per heavy atom. The van der Waals surface area contributed by atoms with Crippen molar-refractivity contribution in [1.29, 1.82) is 0 Å². The number of carbonyl (C=O) groups excluding carboxylic acids is 2. The number of ketones is 1. The molecule has 7 heteroatoms. The zero-order valence-electron chi connectivity index (χ0n) is 17.1. The van der Waals surface area contributed by atoms with Crippen LogP contribution in [-0.2, 0) is 10.3 Å². The molecule has 3 heterocycles. The molecule has 0 aliphatic carbocycles. The lowest BCUT2D eigenvalue weighted by Gasteiger charge is -2.35. The van der Waals surface area contributed by atoms with Crippen LogP contribution in [0.1, 0.15) is 26.7 Å². The van der Waals surface area contributed by atoms with Gasteiger partial charge >= 0.3 is 0 Å². The number of benzene rings is 2. The lowest BCUT2D eigenvalue weighted by molar-refractivity contribution is -0.126. The number of carbonyl (C=O) groups is 2. The highest BCUT2D eigenvalue weighted by atomic mass is 35.5. The molecule has 1 fully saturated rings. The van der Waals surface area contributed by atoms with Gasteiger partial charge in [-0.1, -0.05) is 29.8 Å². The van der Waals surface area contributed by atoms with E-state index >= 15 is 0 Å². The van der Waals surface area contributed by atoms with Gasteiger partial charge in [-0.3, -0.25) is 14.5 Å². The summed E-state index contributed by atoms with van der Waals surface area (Å²) in [7, 11) is 3.51. The van der Waals surface area contributed by atoms with E-state index in [1.807, 2.05) is 71.9 Å². The van der Waals surface area contributed by atoms with Gasteiger partial charge in [-0.2, -0.15) is 0 Å². The van der Waals surface area contributed by atoms with Gasteiger partial charge in [-0.25, -0.2) is 0 Å². The Morgan fingerprint density at radius 1 is 1.23 bits per heavy atom. The second kappa shape index (κ2) is 7.48. The normalized spacial score (nSPS) is 24.9. The van der Waals surface area contributed by atoms with E-state index in [9.17, 15) is 9.59 Å². The molecule has 5 rings (SSSR count). The van der Waals surface area contributed by atoms with E-state index < -0.39 is 11.5 Å². The van der Waals surface area contributed by atoms with Crippen molar-refractivity contribution in [1.82, 2.24) is 4.90 Å². The zero-order chi connectivity index (χ0) is 21.8. The predicted octanol–water partition coefficient (Wildman–Crippen LogP) is 4.79. The van der Waals surface area contributed by atoms with Crippen LogP contribution in [0, 0.1) is 5.92 Å². The van der Waals surface area contributed by atoms with E-state index in [2.05, 4.69) is 5.32 Å². The average Bonchev–Trinajstić information content (AvgIpc) is 3.47. The summed E-state index contributed by atoms with van der Waals surface area (Å²) in [5.41, 5.74) is 1.38. The summed E-state index contributed by atoms with van der Waals surface area (Å²) in [5, 5.41) is 5.55.